The van der Waals surface area contributed by atoms with Gasteiger partial charge in [0.2, 0.25) is 0 Å². The Kier molecular flexibility index (Phi) is 6.53. The first-order valence-electron chi connectivity index (χ1n) is 3.46. The second kappa shape index (κ2) is 6.77. The van der Waals surface area contributed by atoms with Gasteiger partial charge in [-0.3, -0.25) is 0 Å². The molecule has 0 aromatic heterocycles. The third kappa shape index (κ3) is 7.65. The molecule has 0 spiro atoms. The number of allylic oxidation sites excluding steroid dienone is 1. The summed E-state index contributed by atoms with van der Waals surface area (Å²) in [5.41, 5.74) is 0. The van der Waals surface area contributed by atoms with E-state index in [4.69, 9.17) is 0 Å². The molecule has 56 valence electrons. The standard InChI is InChI=1S/C9H14S/c1-4-5-6-7-10-8-9(2)3/h6-7,9H,8H2,1-3H3/b7-6+. The molecule has 0 radical (unpaired) electrons. The molecular formula is C9H14S. The maximum atomic E-state index is 2.87. The molecule has 1 heteroatoms. The lowest BCUT2D eigenvalue weighted by molar-refractivity contribution is 0.751. The van der Waals surface area contributed by atoms with Crippen LogP contribution >= 0.6 is 11.8 Å². The lowest BCUT2D eigenvalue weighted by atomic mass is 10.3. The highest BCUT2D eigenvalue weighted by Gasteiger charge is 1.88. The summed E-state index contributed by atoms with van der Waals surface area (Å²) in [7, 11) is 0. The van der Waals surface area contributed by atoms with Crippen LogP contribution in [0, 0.1) is 17.8 Å². The summed E-state index contributed by atoms with van der Waals surface area (Å²) in [6, 6.07) is 0. The Morgan fingerprint density at radius 1 is 1.50 bits per heavy atom. The van der Waals surface area contributed by atoms with Gasteiger partial charge in [-0.25, -0.2) is 0 Å². The van der Waals surface area contributed by atoms with Gasteiger partial charge in [-0.05, 0) is 30.1 Å². The predicted molar refractivity (Wildman–Crippen MR) is 49.9 cm³/mol. The monoisotopic (exact) mass is 154 g/mol. The fourth-order valence-corrected chi connectivity index (χ4v) is 1.07. The van der Waals surface area contributed by atoms with Crippen molar-refractivity contribution in [2.75, 3.05) is 5.75 Å². The quantitative estimate of drug-likeness (QED) is 0.563. The molecule has 0 fully saturated rings. The Morgan fingerprint density at radius 3 is 2.70 bits per heavy atom. The number of thioether (sulfide) groups is 1. The van der Waals surface area contributed by atoms with Crippen molar-refractivity contribution in [3.05, 3.63) is 11.5 Å². The van der Waals surface area contributed by atoms with Gasteiger partial charge in [0.15, 0.2) is 0 Å². The first kappa shape index (κ1) is 9.65. The van der Waals surface area contributed by atoms with E-state index in [1.54, 1.807) is 0 Å². The maximum Gasteiger partial charge on any atom is -0.000262 e. The van der Waals surface area contributed by atoms with E-state index in [1.807, 2.05) is 24.8 Å². The molecule has 0 saturated carbocycles. The van der Waals surface area contributed by atoms with Crippen molar-refractivity contribution in [2.24, 2.45) is 5.92 Å². The van der Waals surface area contributed by atoms with Crippen molar-refractivity contribution in [1.29, 1.82) is 0 Å². The lowest BCUT2D eigenvalue weighted by Gasteiger charge is -1.97. The molecule has 0 saturated heterocycles. The summed E-state index contributed by atoms with van der Waals surface area (Å²) >= 11 is 1.82. The molecule has 0 N–H and O–H groups in total. The van der Waals surface area contributed by atoms with Crippen LogP contribution in [0.2, 0.25) is 0 Å². The maximum absolute atomic E-state index is 2.87. The molecule has 0 aliphatic heterocycles. The van der Waals surface area contributed by atoms with Crippen LogP contribution in [-0.2, 0) is 0 Å². The molecular weight excluding hydrogens is 140 g/mol. The van der Waals surface area contributed by atoms with Gasteiger partial charge >= 0.3 is 0 Å². The summed E-state index contributed by atoms with van der Waals surface area (Å²) in [6.45, 7) is 6.27. The average Bonchev–Trinajstić information content (AvgIpc) is 1.87. The number of hydrogen-bond donors (Lipinski definition) is 0. The Balaban J connectivity index is 3.24. The van der Waals surface area contributed by atoms with Crippen LogP contribution in [0.3, 0.4) is 0 Å². The fraction of sp³-hybridized carbons (Fsp3) is 0.556. The number of rotatable bonds is 3. The summed E-state index contributed by atoms with van der Waals surface area (Å²) in [4.78, 5) is 0. The second-order valence-electron chi connectivity index (χ2n) is 2.42. The normalized spacial score (nSPS) is 10.0. The van der Waals surface area contributed by atoms with Crippen LogP contribution in [-0.4, -0.2) is 5.75 Å². The van der Waals surface area contributed by atoms with E-state index >= 15 is 0 Å². The molecule has 0 aliphatic rings. The first-order valence-corrected chi connectivity index (χ1v) is 4.51. The topological polar surface area (TPSA) is 0 Å². The summed E-state index contributed by atoms with van der Waals surface area (Å²) < 4.78 is 0. The van der Waals surface area contributed by atoms with Crippen LogP contribution < -0.4 is 0 Å². The van der Waals surface area contributed by atoms with Gasteiger partial charge in [0, 0.05) is 0 Å². The molecule has 0 bridgehead atoms. The molecule has 0 amide bonds. The lowest BCUT2D eigenvalue weighted by Crippen LogP contribution is -1.87. The summed E-state index contributed by atoms with van der Waals surface area (Å²) in [5, 5.41) is 2.05. The number of hydrogen-bond acceptors (Lipinski definition) is 1. The largest absolute Gasteiger partial charge is 0.133 e. The summed E-state index contributed by atoms with van der Waals surface area (Å²) in [6.07, 6.45) is 1.90. The van der Waals surface area contributed by atoms with Crippen LogP contribution in [0.4, 0.5) is 0 Å². The molecule has 0 rings (SSSR count). The van der Waals surface area contributed by atoms with Crippen molar-refractivity contribution in [1.82, 2.24) is 0 Å². The van der Waals surface area contributed by atoms with Gasteiger partial charge in [0.05, 0.1) is 0 Å². The van der Waals surface area contributed by atoms with Crippen molar-refractivity contribution in [3.8, 4) is 11.8 Å². The van der Waals surface area contributed by atoms with Crippen LogP contribution in [0.1, 0.15) is 20.8 Å². The minimum Gasteiger partial charge on any atom is -0.133 e. The van der Waals surface area contributed by atoms with E-state index in [1.165, 1.54) is 5.75 Å². The van der Waals surface area contributed by atoms with Gasteiger partial charge in [0.25, 0.3) is 0 Å². The molecule has 0 aromatic rings. The zero-order chi connectivity index (χ0) is 7.82. The van der Waals surface area contributed by atoms with Crippen molar-refractivity contribution in [3.63, 3.8) is 0 Å². The Morgan fingerprint density at radius 2 is 2.20 bits per heavy atom. The van der Waals surface area contributed by atoms with Crippen molar-refractivity contribution >= 4 is 11.8 Å². The first-order chi connectivity index (χ1) is 4.77. The van der Waals surface area contributed by atoms with Crippen LogP contribution in [0.5, 0.6) is 0 Å². The van der Waals surface area contributed by atoms with Gasteiger partial charge in [0.1, 0.15) is 0 Å². The van der Waals surface area contributed by atoms with Gasteiger partial charge < -0.3 is 0 Å². The van der Waals surface area contributed by atoms with E-state index in [-0.39, 0.29) is 0 Å². The summed E-state index contributed by atoms with van der Waals surface area (Å²) in [5.74, 6) is 7.63. The Hall–Kier alpha value is -0.350. The molecule has 0 atom stereocenters. The highest BCUT2D eigenvalue weighted by Crippen LogP contribution is 2.07. The molecule has 0 heterocycles. The highest BCUT2D eigenvalue weighted by molar-refractivity contribution is 8.02. The highest BCUT2D eigenvalue weighted by atomic mass is 32.2. The predicted octanol–water partition coefficient (Wildman–Crippen LogP) is 2.91. The van der Waals surface area contributed by atoms with Gasteiger partial charge in [-0.2, -0.15) is 0 Å². The van der Waals surface area contributed by atoms with Crippen molar-refractivity contribution in [2.45, 2.75) is 20.8 Å². The zero-order valence-corrected chi connectivity index (χ0v) is 7.66. The van der Waals surface area contributed by atoms with E-state index in [0.717, 1.165) is 5.92 Å². The van der Waals surface area contributed by atoms with E-state index in [2.05, 4.69) is 31.1 Å². The van der Waals surface area contributed by atoms with E-state index in [0.29, 0.717) is 0 Å². The van der Waals surface area contributed by atoms with Crippen LogP contribution in [0.15, 0.2) is 11.5 Å². The third-order valence-electron chi connectivity index (χ3n) is 0.821. The molecule has 0 aliphatic carbocycles. The molecule has 0 aromatic carbocycles. The molecule has 10 heavy (non-hydrogen) atoms. The van der Waals surface area contributed by atoms with Crippen LogP contribution in [0.25, 0.3) is 0 Å². The smallest absolute Gasteiger partial charge is 0.000262 e. The van der Waals surface area contributed by atoms with Gasteiger partial charge in [-0.1, -0.05) is 19.8 Å². The average molecular weight is 154 g/mol. The van der Waals surface area contributed by atoms with E-state index in [9.17, 15) is 0 Å². The minimum absolute atomic E-state index is 0.768. The van der Waals surface area contributed by atoms with Gasteiger partial charge in [-0.15, -0.1) is 17.7 Å². The van der Waals surface area contributed by atoms with E-state index < -0.39 is 0 Å². The van der Waals surface area contributed by atoms with Crippen molar-refractivity contribution < 1.29 is 0 Å². The second-order valence-corrected chi connectivity index (χ2v) is 3.36. The molecule has 0 nitrogen and oxygen atoms in total. The minimum atomic E-state index is 0.768. The molecule has 0 unspecified atom stereocenters. The Bertz CT molecular complexity index is 146. The SMILES string of the molecule is CC#C/C=C/SCC(C)C. The zero-order valence-electron chi connectivity index (χ0n) is 6.85. The fourth-order valence-electron chi connectivity index (χ4n) is 0.413. The Labute approximate surface area is 68.1 Å². The third-order valence-corrected chi connectivity index (χ3v) is 2.01.